The van der Waals surface area contributed by atoms with Crippen LogP contribution in [0, 0.1) is 11.3 Å². The van der Waals surface area contributed by atoms with E-state index in [4.69, 9.17) is 10.00 Å². The third-order valence-corrected chi connectivity index (χ3v) is 3.47. The summed E-state index contributed by atoms with van der Waals surface area (Å²) in [5.74, 6) is -0.859. The molecule has 0 bridgehead atoms. The molecule has 1 aliphatic rings. The van der Waals surface area contributed by atoms with Gasteiger partial charge in [0, 0.05) is 6.54 Å². The van der Waals surface area contributed by atoms with Crippen LogP contribution in [0.3, 0.4) is 0 Å². The largest absolute Gasteiger partial charge is 0.461 e. The number of imide groups is 1. The molecule has 0 aromatic heterocycles. The van der Waals surface area contributed by atoms with Crippen LogP contribution >= 0.6 is 0 Å². The summed E-state index contributed by atoms with van der Waals surface area (Å²) in [6.07, 6.45) is -0.0640. The lowest BCUT2D eigenvalue weighted by atomic mass is 10.1. The highest BCUT2D eigenvalue weighted by Gasteiger charge is 2.44. The lowest BCUT2D eigenvalue weighted by molar-refractivity contribution is -0.145. The van der Waals surface area contributed by atoms with Gasteiger partial charge < -0.3 is 10.1 Å². The highest BCUT2D eigenvalue weighted by Crippen LogP contribution is 2.16. The van der Waals surface area contributed by atoms with E-state index in [2.05, 4.69) is 5.32 Å². The van der Waals surface area contributed by atoms with Crippen molar-refractivity contribution in [2.75, 3.05) is 6.54 Å². The number of rotatable bonds is 5. The summed E-state index contributed by atoms with van der Waals surface area (Å²) in [7, 11) is 0. The first-order valence-corrected chi connectivity index (χ1v) is 7.12. The number of esters is 1. The van der Waals surface area contributed by atoms with Crippen molar-refractivity contribution >= 4 is 17.9 Å². The number of carbonyl (C=O) groups excluding carboxylic acids is 3. The van der Waals surface area contributed by atoms with Gasteiger partial charge in [0.15, 0.2) is 0 Å². The number of nitrogens with one attached hydrogen (secondary N) is 1. The third-order valence-electron chi connectivity index (χ3n) is 3.47. The average molecular weight is 315 g/mol. The van der Waals surface area contributed by atoms with Crippen LogP contribution in [-0.4, -0.2) is 34.9 Å². The molecule has 0 saturated carbocycles. The molecule has 0 atom stereocenters. The number of benzene rings is 1. The van der Waals surface area contributed by atoms with E-state index >= 15 is 0 Å². The van der Waals surface area contributed by atoms with Gasteiger partial charge in [-0.1, -0.05) is 12.1 Å². The van der Waals surface area contributed by atoms with Crippen LogP contribution < -0.4 is 5.32 Å². The molecule has 0 spiro atoms. The summed E-state index contributed by atoms with van der Waals surface area (Å²) in [5, 5.41) is 11.2. The Morgan fingerprint density at radius 2 is 1.96 bits per heavy atom. The van der Waals surface area contributed by atoms with E-state index in [0.717, 1.165) is 10.5 Å². The molecular weight excluding hydrogens is 298 g/mol. The number of nitriles is 1. The molecule has 7 heteroatoms. The predicted molar refractivity (Wildman–Crippen MR) is 79.9 cm³/mol. The molecule has 1 aliphatic heterocycles. The van der Waals surface area contributed by atoms with Gasteiger partial charge in [0.2, 0.25) is 0 Å². The van der Waals surface area contributed by atoms with E-state index < -0.39 is 17.5 Å². The second-order valence-electron chi connectivity index (χ2n) is 5.73. The Hall–Kier alpha value is -2.88. The highest BCUT2D eigenvalue weighted by molar-refractivity contribution is 6.06. The smallest absolute Gasteiger partial charge is 0.325 e. The zero-order valence-corrected chi connectivity index (χ0v) is 13.0. The minimum absolute atomic E-state index is 0.0136. The molecule has 1 fully saturated rings. The molecule has 120 valence electrons. The Kier molecular flexibility index (Phi) is 4.65. The van der Waals surface area contributed by atoms with Crippen molar-refractivity contribution in [3.8, 4) is 6.07 Å². The summed E-state index contributed by atoms with van der Waals surface area (Å²) in [4.78, 5) is 36.4. The number of carbonyl (C=O) groups is 3. The van der Waals surface area contributed by atoms with Crippen LogP contribution in [0.1, 0.15) is 31.4 Å². The normalized spacial score (nSPS) is 16.0. The maximum absolute atomic E-state index is 12.0. The Morgan fingerprint density at radius 1 is 1.30 bits per heavy atom. The van der Waals surface area contributed by atoms with Gasteiger partial charge in [-0.05, 0) is 31.5 Å². The average Bonchev–Trinajstić information content (AvgIpc) is 2.72. The Morgan fingerprint density at radius 3 is 2.48 bits per heavy atom. The zero-order chi connectivity index (χ0) is 17.0. The van der Waals surface area contributed by atoms with Crippen molar-refractivity contribution in [3.05, 3.63) is 35.4 Å². The molecule has 3 amide bonds. The van der Waals surface area contributed by atoms with Gasteiger partial charge in [0.25, 0.3) is 5.91 Å². The Bertz CT molecular complexity index is 674. The molecule has 1 aromatic carbocycles. The summed E-state index contributed by atoms with van der Waals surface area (Å²) in [5.41, 5.74) is 0.346. The van der Waals surface area contributed by atoms with Crippen LogP contribution in [-0.2, 0) is 20.9 Å². The first kappa shape index (κ1) is 16.5. The molecule has 0 aliphatic carbocycles. The fraction of sp³-hybridized carbons (Fsp3) is 0.375. The Labute approximate surface area is 133 Å². The molecule has 1 heterocycles. The molecule has 1 saturated heterocycles. The number of amides is 3. The van der Waals surface area contributed by atoms with Gasteiger partial charge >= 0.3 is 12.0 Å². The quantitative estimate of drug-likeness (QED) is 0.652. The monoisotopic (exact) mass is 315 g/mol. The van der Waals surface area contributed by atoms with Crippen molar-refractivity contribution < 1.29 is 19.1 Å². The van der Waals surface area contributed by atoms with Crippen molar-refractivity contribution in [2.45, 2.75) is 32.4 Å². The number of hydrogen-bond acceptors (Lipinski definition) is 5. The first-order chi connectivity index (χ1) is 10.8. The van der Waals surface area contributed by atoms with Crippen molar-refractivity contribution in [1.82, 2.24) is 10.2 Å². The first-order valence-electron chi connectivity index (χ1n) is 7.12. The van der Waals surface area contributed by atoms with Crippen LogP contribution in [0.4, 0.5) is 4.79 Å². The number of nitrogens with zero attached hydrogens (tertiary/aromatic N) is 2. The van der Waals surface area contributed by atoms with Gasteiger partial charge in [0.1, 0.15) is 12.1 Å². The molecule has 0 unspecified atom stereocenters. The van der Waals surface area contributed by atoms with Crippen LogP contribution in [0.5, 0.6) is 0 Å². The van der Waals surface area contributed by atoms with Crippen LogP contribution in [0.2, 0.25) is 0 Å². The van der Waals surface area contributed by atoms with Crippen molar-refractivity contribution in [1.29, 1.82) is 5.26 Å². The maximum Gasteiger partial charge on any atom is 0.325 e. The highest BCUT2D eigenvalue weighted by atomic mass is 16.5. The van der Waals surface area contributed by atoms with Crippen molar-refractivity contribution in [3.63, 3.8) is 0 Å². The number of urea groups is 1. The fourth-order valence-corrected chi connectivity index (χ4v) is 2.14. The summed E-state index contributed by atoms with van der Waals surface area (Å²) < 4.78 is 5.09. The van der Waals surface area contributed by atoms with E-state index in [1.165, 1.54) is 0 Å². The lowest BCUT2D eigenvalue weighted by Gasteiger charge is -2.15. The molecule has 23 heavy (non-hydrogen) atoms. The second-order valence-corrected chi connectivity index (χ2v) is 5.73. The van der Waals surface area contributed by atoms with Gasteiger partial charge in [-0.3, -0.25) is 14.5 Å². The summed E-state index contributed by atoms with van der Waals surface area (Å²) in [6.45, 7) is 3.28. The van der Waals surface area contributed by atoms with Crippen LogP contribution in [0.25, 0.3) is 0 Å². The summed E-state index contributed by atoms with van der Waals surface area (Å²) in [6, 6.07) is 8.18. The molecule has 2 rings (SSSR count). The van der Waals surface area contributed by atoms with E-state index in [-0.39, 0.29) is 25.5 Å². The van der Waals surface area contributed by atoms with Crippen LogP contribution in [0.15, 0.2) is 24.3 Å². The van der Waals surface area contributed by atoms with E-state index in [0.29, 0.717) is 5.56 Å². The molecular formula is C16H17N3O4. The standard InChI is InChI=1S/C16H17N3O4/c1-16(2)14(21)19(15(22)18-16)8-7-13(20)23-10-12-5-3-11(9-17)4-6-12/h3-6H,7-8,10H2,1-2H3,(H,18,22). The lowest BCUT2D eigenvalue weighted by Crippen LogP contribution is -2.40. The maximum atomic E-state index is 12.0. The molecule has 1 aromatic rings. The van der Waals surface area contributed by atoms with Gasteiger partial charge in [0.05, 0.1) is 18.1 Å². The van der Waals surface area contributed by atoms with Gasteiger partial charge in [-0.25, -0.2) is 4.79 Å². The van der Waals surface area contributed by atoms with E-state index in [1.54, 1.807) is 38.1 Å². The Balaban J connectivity index is 1.80. The number of hydrogen-bond donors (Lipinski definition) is 1. The second kappa shape index (κ2) is 6.48. The third kappa shape index (κ3) is 3.86. The van der Waals surface area contributed by atoms with Crippen molar-refractivity contribution in [2.24, 2.45) is 0 Å². The SMILES string of the molecule is CC1(C)NC(=O)N(CCC(=O)OCc2ccc(C#N)cc2)C1=O. The molecule has 0 radical (unpaired) electrons. The molecule has 1 N–H and O–H groups in total. The summed E-state index contributed by atoms with van der Waals surface area (Å²) >= 11 is 0. The van der Waals surface area contributed by atoms with Gasteiger partial charge in [-0.2, -0.15) is 5.26 Å². The topological polar surface area (TPSA) is 99.5 Å². The fourth-order valence-electron chi connectivity index (χ4n) is 2.14. The number of ether oxygens (including phenoxy) is 1. The minimum Gasteiger partial charge on any atom is -0.461 e. The van der Waals surface area contributed by atoms with Gasteiger partial charge in [-0.15, -0.1) is 0 Å². The zero-order valence-electron chi connectivity index (χ0n) is 13.0. The predicted octanol–water partition coefficient (Wildman–Crippen LogP) is 1.32. The molecule has 7 nitrogen and oxygen atoms in total. The minimum atomic E-state index is -0.941. The van der Waals surface area contributed by atoms with E-state index in [9.17, 15) is 14.4 Å². The van der Waals surface area contributed by atoms with E-state index in [1.807, 2.05) is 6.07 Å².